The number of amides is 7. The van der Waals surface area contributed by atoms with Crippen LogP contribution in [0.3, 0.4) is 0 Å². The summed E-state index contributed by atoms with van der Waals surface area (Å²) in [6.45, 7) is 7.51. The molecule has 0 heterocycles. The molecular formula is C33H61N7O9. The van der Waals surface area contributed by atoms with Crippen molar-refractivity contribution in [2.24, 2.45) is 23.3 Å². The number of hydrogen-bond donors (Lipinski definition) is 7. The van der Waals surface area contributed by atoms with Crippen molar-refractivity contribution in [3.8, 4) is 0 Å². The van der Waals surface area contributed by atoms with Gasteiger partial charge < -0.3 is 47.5 Å². The molecule has 3 atom stereocenters. The summed E-state index contributed by atoms with van der Waals surface area (Å²) in [7, 11) is 0. The number of primary amides is 2. The highest BCUT2D eigenvalue weighted by Gasteiger charge is 2.21. The van der Waals surface area contributed by atoms with Crippen LogP contribution in [0, 0.1) is 11.8 Å². The van der Waals surface area contributed by atoms with Crippen LogP contribution in [-0.4, -0.2) is 100.0 Å². The van der Waals surface area contributed by atoms with E-state index in [-0.39, 0.29) is 79.9 Å². The smallest absolute Gasteiger partial charge is 0.245 e. The van der Waals surface area contributed by atoms with Crippen LogP contribution in [-0.2, 0) is 43.0 Å². The number of hydrogen-bond acceptors (Lipinski definition) is 9. The molecule has 0 aliphatic carbocycles. The van der Waals surface area contributed by atoms with E-state index in [1.54, 1.807) is 13.8 Å². The Morgan fingerprint density at radius 3 is 1.63 bits per heavy atom. The SMILES string of the molecule is CC(=O)NCCCC[C@H](NC(=O)[C@@H](C)CCCCNC(=O)CCCC(=O)NCCOCCOCC(=O)NCCCC[C@H](C)C(N)=O)C(N)=O. The first-order valence-electron chi connectivity index (χ1n) is 17.4. The summed E-state index contributed by atoms with van der Waals surface area (Å²) in [6, 6.07) is -0.756. The molecule has 49 heavy (non-hydrogen) atoms. The van der Waals surface area contributed by atoms with Gasteiger partial charge in [-0.05, 0) is 51.4 Å². The van der Waals surface area contributed by atoms with Gasteiger partial charge in [-0.15, -0.1) is 0 Å². The van der Waals surface area contributed by atoms with Crippen molar-refractivity contribution >= 4 is 41.4 Å². The highest BCUT2D eigenvalue weighted by molar-refractivity contribution is 5.87. The van der Waals surface area contributed by atoms with Gasteiger partial charge in [0.05, 0.1) is 19.8 Å². The maximum absolute atomic E-state index is 12.5. The predicted molar refractivity (Wildman–Crippen MR) is 183 cm³/mol. The molecular weight excluding hydrogens is 638 g/mol. The van der Waals surface area contributed by atoms with Crippen LogP contribution in [0.15, 0.2) is 0 Å². The van der Waals surface area contributed by atoms with Crippen molar-refractivity contribution in [2.75, 3.05) is 52.6 Å². The fraction of sp³-hybridized carbons (Fsp3) is 0.788. The lowest BCUT2D eigenvalue weighted by Crippen LogP contribution is -2.46. The summed E-state index contributed by atoms with van der Waals surface area (Å²) in [6.07, 6.45) is 6.79. The molecule has 0 rings (SSSR count). The Morgan fingerprint density at radius 2 is 1.06 bits per heavy atom. The Balaban J connectivity index is 3.75. The first-order chi connectivity index (χ1) is 23.3. The van der Waals surface area contributed by atoms with E-state index in [1.165, 1.54) is 6.92 Å². The molecule has 16 heteroatoms. The number of unbranched alkanes of at least 4 members (excludes halogenated alkanes) is 3. The minimum absolute atomic E-state index is 0.0749. The van der Waals surface area contributed by atoms with E-state index in [9.17, 15) is 33.6 Å². The Kier molecular flexibility index (Phi) is 26.9. The molecule has 0 aliphatic heterocycles. The lowest BCUT2D eigenvalue weighted by molar-refractivity contribution is -0.129. The highest BCUT2D eigenvalue weighted by atomic mass is 16.5. The Morgan fingerprint density at radius 1 is 0.551 bits per heavy atom. The zero-order valence-corrected chi connectivity index (χ0v) is 29.7. The summed E-state index contributed by atoms with van der Waals surface area (Å²) < 4.78 is 10.6. The quantitative estimate of drug-likeness (QED) is 0.0477. The van der Waals surface area contributed by atoms with Gasteiger partial charge in [-0.1, -0.05) is 26.7 Å². The van der Waals surface area contributed by atoms with Crippen molar-refractivity contribution < 1.29 is 43.0 Å². The monoisotopic (exact) mass is 699 g/mol. The maximum Gasteiger partial charge on any atom is 0.245 e. The number of nitrogens with two attached hydrogens (primary N) is 2. The van der Waals surface area contributed by atoms with E-state index in [4.69, 9.17) is 20.9 Å². The van der Waals surface area contributed by atoms with Crippen LogP contribution in [0.25, 0.3) is 0 Å². The third kappa shape index (κ3) is 27.8. The second kappa shape index (κ2) is 29.2. The van der Waals surface area contributed by atoms with Crippen LogP contribution < -0.4 is 38.1 Å². The van der Waals surface area contributed by atoms with E-state index < -0.39 is 11.9 Å². The Bertz CT molecular complexity index is 1010. The summed E-state index contributed by atoms with van der Waals surface area (Å²) >= 11 is 0. The standard InChI is InChI=1S/C33H61N7O9/c1-24(31(34)45)11-4-7-18-38-30(44)23-49-22-21-48-20-19-39-29(43)15-10-14-28(42)37-17-8-5-12-25(2)33(47)40-27(32(35)46)13-6-9-16-36-26(3)41/h24-25,27H,4-23H2,1-3H3,(H2,34,45)(H2,35,46)(H,36,41)(H,37,42)(H,38,44)(H,39,43)(H,40,47)/t24-,25-,27-/m0/s1. The topological polar surface area (TPSA) is 250 Å². The van der Waals surface area contributed by atoms with Crippen molar-refractivity contribution in [3.05, 3.63) is 0 Å². The minimum Gasteiger partial charge on any atom is -0.377 e. The number of carbonyl (C=O) groups excluding carboxylic acids is 7. The van der Waals surface area contributed by atoms with E-state index in [2.05, 4.69) is 26.6 Å². The number of rotatable bonds is 31. The van der Waals surface area contributed by atoms with Gasteiger partial charge in [0.15, 0.2) is 0 Å². The summed E-state index contributed by atoms with van der Waals surface area (Å²) in [5.41, 5.74) is 10.6. The van der Waals surface area contributed by atoms with E-state index >= 15 is 0 Å². The summed E-state index contributed by atoms with van der Waals surface area (Å²) in [4.78, 5) is 81.9. The molecule has 282 valence electrons. The highest BCUT2D eigenvalue weighted by Crippen LogP contribution is 2.10. The Labute approximate surface area is 290 Å². The first kappa shape index (κ1) is 45.2. The lowest BCUT2D eigenvalue weighted by atomic mass is 10.0. The molecule has 7 amide bonds. The van der Waals surface area contributed by atoms with Crippen molar-refractivity contribution in [1.82, 2.24) is 26.6 Å². The molecule has 0 unspecified atom stereocenters. The van der Waals surface area contributed by atoms with Gasteiger partial charge in [0.2, 0.25) is 41.4 Å². The van der Waals surface area contributed by atoms with Gasteiger partial charge in [-0.3, -0.25) is 33.6 Å². The van der Waals surface area contributed by atoms with E-state index in [1.807, 2.05) is 0 Å². The van der Waals surface area contributed by atoms with Crippen LogP contribution >= 0.6 is 0 Å². The predicted octanol–water partition coefficient (Wildman–Crippen LogP) is -0.0869. The van der Waals surface area contributed by atoms with E-state index in [0.717, 1.165) is 12.8 Å². The molecule has 0 aromatic heterocycles. The molecule has 0 spiro atoms. The van der Waals surface area contributed by atoms with Gasteiger partial charge in [0, 0.05) is 57.8 Å². The fourth-order valence-electron chi connectivity index (χ4n) is 4.50. The number of carbonyl (C=O) groups is 7. The van der Waals surface area contributed by atoms with Gasteiger partial charge >= 0.3 is 0 Å². The van der Waals surface area contributed by atoms with Crippen LogP contribution in [0.1, 0.15) is 97.8 Å². The molecule has 16 nitrogen and oxygen atoms in total. The second-order valence-corrected chi connectivity index (χ2v) is 12.2. The van der Waals surface area contributed by atoms with Crippen LogP contribution in [0.5, 0.6) is 0 Å². The molecule has 0 aliphatic rings. The number of nitrogens with one attached hydrogen (secondary N) is 5. The van der Waals surface area contributed by atoms with Gasteiger partial charge in [0.25, 0.3) is 0 Å². The molecule has 0 radical (unpaired) electrons. The molecule has 0 fully saturated rings. The average molecular weight is 700 g/mol. The molecule has 0 aromatic rings. The molecule has 0 aromatic carbocycles. The largest absolute Gasteiger partial charge is 0.377 e. The van der Waals surface area contributed by atoms with Crippen LogP contribution in [0.2, 0.25) is 0 Å². The van der Waals surface area contributed by atoms with Gasteiger partial charge in [-0.2, -0.15) is 0 Å². The first-order valence-corrected chi connectivity index (χ1v) is 17.4. The third-order valence-corrected chi connectivity index (χ3v) is 7.64. The lowest BCUT2D eigenvalue weighted by Gasteiger charge is -2.18. The molecule has 9 N–H and O–H groups in total. The molecule has 0 bridgehead atoms. The summed E-state index contributed by atoms with van der Waals surface area (Å²) in [5.74, 6) is -2.31. The van der Waals surface area contributed by atoms with Crippen molar-refractivity contribution in [3.63, 3.8) is 0 Å². The number of ether oxygens (including phenoxy) is 2. The average Bonchev–Trinajstić information content (AvgIpc) is 3.04. The Hall–Kier alpha value is -3.79. The van der Waals surface area contributed by atoms with Gasteiger partial charge in [-0.25, -0.2) is 0 Å². The second-order valence-electron chi connectivity index (χ2n) is 12.2. The van der Waals surface area contributed by atoms with Crippen molar-refractivity contribution in [2.45, 2.75) is 104 Å². The van der Waals surface area contributed by atoms with Gasteiger partial charge in [0.1, 0.15) is 12.6 Å². The van der Waals surface area contributed by atoms with E-state index in [0.29, 0.717) is 84.2 Å². The molecule has 0 saturated carbocycles. The zero-order valence-electron chi connectivity index (χ0n) is 29.7. The van der Waals surface area contributed by atoms with Crippen molar-refractivity contribution in [1.29, 1.82) is 0 Å². The zero-order chi connectivity index (χ0) is 36.9. The fourth-order valence-corrected chi connectivity index (χ4v) is 4.50. The minimum atomic E-state index is -0.756. The third-order valence-electron chi connectivity index (χ3n) is 7.64. The maximum atomic E-state index is 12.5. The molecule has 0 saturated heterocycles. The summed E-state index contributed by atoms with van der Waals surface area (Å²) in [5, 5.41) is 13.7. The van der Waals surface area contributed by atoms with Crippen LogP contribution in [0.4, 0.5) is 0 Å². The normalized spacial score (nSPS) is 12.6.